The van der Waals surface area contributed by atoms with Crippen LogP contribution in [0.1, 0.15) is 84.5 Å². The molecule has 0 aromatic carbocycles. The Hall–Kier alpha value is -0.670. The summed E-state index contributed by atoms with van der Waals surface area (Å²) in [7, 11) is 0. The van der Waals surface area contributed by atoms with Crippen LogP contribution in [0.4, 0.5) is 0 Å². The SMILES string of the molecule is C[C@@]12CC[C@H]3[C@H](CC=C4C[C@@H](O[C@H]5CCCCO5)CC[C@@]43C)[C@@H]1CCC2=O. The number of rotatable bonds is 2. The minimum absolute atomic E-state index is 0.0124. The zero-order chi connectivity index (χ0) is 18.6. The molecule has 4 fully saturated rings. The zero-order valence-corrected chi connectivity index (χ0v) is 17.2. The van der Waals surface area contributed by atoms with E-state index < -0.39 is 0 Å². The second-order valence-electron chi connectivity index (χ2n) is 10.5. The summed E-state index contributed by atoms with van der Waals surface area (Å²) in [5, 5.41) is 0. The number of hydrogen-bond donors (Lipinski definition) is 0. The van der Waals surface area contributed by atoms with Gasteiger partial charge in [-0.1, -0.05) is 25.5 Å². The highest BCUT2D eigenvalue weighted by molar-refractivity contribution is 5.87. The van der Waals surface area contributed by atoms with Crippen molar-refractivity contribution in [1.82, 2.24) is 0 Å². The Morgan fingerprint density at radius 1 is 1.04 bits per heavy atom. The number of allylic oxidation sites excluding steroid dienone is 1. The van der Waals surface area contributed by atoms with Crippen molar-refractivity contribution >= 4 is 5.78 Å². The highest BCUT2D eigenvalue weighted by Gasteiger charge is 2.58. The van der Waals surface area contributed by atoms with Gasteiger partial charge < -0.3 is 9.47 Å². The van der Waals surface area contributed by atoms with Gasteiger partial charge >= 0.3 is 0 Å². The van der Waals surface area contributed by atoms with Crippen LogP contribution in [0.2, 0.25) is 0 Å². The first-order chi connectivity index (χ1) is 13.0. The highest BCUT2D eigenvalue weighted by Crippen LogP contribution is 2.64. The molecule has 1 saturated heterocycles. The van der Waals surface area contributed by atoms with E-state index in [1.54, 1.807) is 5.57 Å². The molecule has 0 amide bonds. The molecule has 0 unspecified atom stereocenters. The van der Waals surface area contributed by atoms with Crippen molar-refractivity contribution in [2.45, 2.75) is 96.9 Å². The van der Waals surface area contributed by atoms with Gasteiger partial charge in [0.05, 0.1) is 6.10 Å². The molecule has 3 saturated carbocycles. The Bertz CT molecular complexity index is 634. The van der Waals surface area contributed by atoms with Crippen molar-refractivity contribution in [3.05, 3.63) is 11.6 Å². The summed E-state index contributed by atoms with van der Waals surface area (Å²) in [4.78, 5) is 12.6. The fourth-order valence-corrected chi connectivity index (χ4v) is 7.55. The van der Waals surface area contributed by atoms with E-state index in [9.17, 15) is 4.79 Å². The topological polar surface area (TPSA) is 35.5 Å². The molecule has 0 N–H and O–H groups in total. The fourth-order valence-electron chi connectivity index (χ4n) is 7.55. The van der Waals surface area contributed by atoms with Gasteiger partial charge in [0.2, 0.25) is 0 Å². The van der Waals surface area contributed by atoms with E-state index >= 15 is 0 Å². The average molecular weight is 373 g/mol. The molecule has 150 valence electrons. The van der Waals surface area contributed by atoms with Crippen LogP contribution in [0.25, 0.3) is 0 Å². The average Bonchev–Trinajstić information content (AvgIpc) is 2.98. The minimum Gasteiger partial charge on any atom is -0.353 e. The van der Waals surface area contributed by atoms with Gasteiger partial charge in [-0.15, -0.1) is 0 Å². The maximum absolute atomic E-state index is 12.6. The van der Waals surface area contributed by atoms with Gasteiger partial charge in [0, 0.05) is 18.4 Å². The van der Waals surface area contributed by atoms with Crippen molar-refractivity contribution in [2.75, 3.05) is 6.61 Å². The Balaban J connectivity index is 1.32. The molecule has 7 atom stereocenters. The lowest BCUT2D eigenvalue weighted by Gasteiger charge is -2.57. The smallest absolute Gasteiger partial charge is 0.157 e. The highest BCUT2D eigenvalue weighted by atomic mass is 16.7. The Morgan fingerprint density at radius 3 is 2.67 bits per heavy atom. The molecule has 5 aliphatic rings. The van der Waals surface area contributed by atoms with Gasteiger partial charge in [0.1, 0.15) is 5.78 Å². The van der Waals surface area contributed by atoms with Crippen LogP contribution in [0.3, 0.4) is 0 Å². The van der Waals surface area contributed by atoms with Crippen LogP contribution in [-0.4, -0.2) is 24.8 Å². The van der Waals surface area contributed by atoms with E-state index in [0.717, 1.165) is 57.0 Å². The van der Waals surface area contributed by atoms with Gasteiger partial charge in [-0.3, -0.25) is 4.79 Å². The normalized spacial score (nSPS) is 49.8. The fraction of sp³-hybridized carbons (Fsp3) is 0.875. The zero-order valence-electron chi connectivity index (χ0n) is 17.2. The second kappa shape index (κ2) is 6.69. The van der Waals surface area contributed by atoms with Crippen molar-refractivity contribution < 1.29 is 14.3 Å². The monoisotopic (exact) mass is 372 g/mol. The van der Waals surface area contributed by atoms with Crippen molar-refractivity contribution in [3.63, 3.8) is 0 Å². The first-order valence-electron chi connectivity index (χ1n) is 11.5. The van der Waals surface area contributed by atoms with Crippen molar-refractivity contribution in [2.24, 2.45) is 28.6 Å². The van der Waals surface area contributed by atoms with Crippen LogP contribution in [0.5, 0.6) is 0 Å². The lowest BCUT2D eigenvalue weighted by molar-refractivity contribution is -0.195. The molecule has 3 heteroatoms. The molecule has 3 nitrogen and oxygen atoms in total. The number of Topliss-reactive ketones (excluding diaryl/α,β-unsaturated/α-hetero) is 1. The number of ether oxygens (including phenoxy) is 2. The maximum Gasteiger partial charge on any atom is 0.157 e. The third-order valence-electron chi connectivity index (χ3n) is 9.25. The van der Waals surface area contributed by atoms with E-state index in [4.69, 9.17) is 9.47 Å². The molecule has 0 bridgehead atoms. The molecule has 5 rings (SSSR count). The molecule has 1 aliphatic heterocycles. The van der Waals surface area contributed by atoms with E-state index in [1.165, 1.54) is 32.1 Å². The molecule has 0 radical (unpaired) electrons. The lowest BCUT2D eigenvalue weighted by Crippen LogP contribution is -2.50. The summed E-state index contributed by atoms with van der Waals surface area (Å²) in [6, 6.07) is 0. The van der Waals surface area contributed by atoms with E-state index in [-0.39, 0.29) is 11.7 Å². The second-order valence-corrected chi connectivity index (χ2v) is 10.5. The Labute approximate surface area is 164 Å². The summed E-state index contributed by atoms with van der Waals surface area (Å²) in [6.07, 6.45) is 15.4. The number of hydrogen-bond acceptors (Lipinski definition) is 3. The quantitative estimate of drug-likeness (QED) is 0.606. The molecular formula is C24H36O3. The minimum atomic E-state index is -0.0124. The largest absolute Gasteiger partial charge is 0.353 e. The third-order valence-corrected chi connectivity index (χ3v) is 9.25. The van der Waals surface area contributed by atoms with Crippen molar-refractivity contribution in [3.8, 4) is 0 Å². The number of carbonyl (C=O) groups excluding carboxylic acids is 1. The molecule has 27 heavy (non-hydrogen) atoms. The lowest BCUT2D eigenvalue weighted by atomic mass is 9.48. The summed E-state index contributed by atoms with van der Waals surface area (Å²) >= 11 is 0. The number of fused-ring (bicyclic) bond motifs is 5. The van der Waals surface area contributed by atoms with Crippen molar-refractivity contribution in [1.29, 1.82) is 0 Å². The van der Waals surface area contributed by atoms with E-state index in [2.05, 4.69) is 19.9 Å². The molecular weight excluding hydrogens is 336 g/mol. The maximum atomic E-state index is 12.6. The first kappa shape index (κ1) is 18.4. The van der Waals surface area contributed by atoms with Crippen LogP contribution in [0.15, 0.2) is 11.6 Å². The summed E-state index contributed by atoms with van der Waals surface area (Å²) < 4.78 is 12.2. The van der Waals surface area contributed by atoms with Gasteiger partial charge in [-0.2, -0.15) is 0 Å². The van der Waals surface area contributed by atoms with Gasteiger partial charge in [0.15, 0.2) is 6.29 Å². The Kier molecular flexibility index (Phi) is 4.55. The predicted octanol–water partition coefficient (Wildman–Crippen LogP) is 5.43. The van der Waals surface area contributed by atoms with E-state index in [0.29, 0.717) is 23.2 Å². The standard InChI is InChI=1S/C24H36O3/c1-23-12-10-17(27-22-5-3-4-14-26-22)15-16(23)6-7-18-19-8-9-21(25)24(19,2)13-11-20(18)23/h6,17-20,22H,3-5,7-15H2,1-2H3/t17-,18+,19-,20-,22-,23-,24+/m0/s1. The third kappa shape index (κ3) is 2.87. The number of ketones is 1. The van der Waals surface area contributed by atoms with Gasteiger partial charge in [0.25, 0.3) is 0 Å². The summed E-state index contributed by atoms with van der Waals surface area (Å²) in [5.74, 6) is 2.68. The van der Waals surface area contributed by atoms with Crippen LogP contribution >= 0.6 is 0 Å². The molecule has 0 spiro atoms. The number of carbonyl (C=O) groups is 1. The first-order valence-corrected chi connectivity index (χ1v) is 11.5. The molecule has 0 aromatic heterocycles. The van der Waals surface area contributed by atoms with Gasteiger partial charge in [-0.25, -0.2) is 0 Å². The molecule has 0 aromatic rings. The van der Waals surface area contributed by atoms with E-state index in [1.807, 2.05) is 0 Å². The Morgan fingerprint density at radius 2 is 1.85 bits per heavy atom. The predicted molar refractivity (Wildman–Crippen MR) is 105 cm³/mol. The summed E-state index contributed by atoms with van der Waals surface area (Å²) in [5.41, 5.74) is 1.98. The molecule has 1 heterocycles. The summed E-state index contributed by atoms with van der Waals surface area (Å²) in [6.45, 7) is 5.67. The van der Waals surface area contributed by atoms with Crippen LogP contribution < -0.4 is 0 Å². The van der Waals surface area contributed by atoms with Gasteiger partial charge in [-0.05, 0) is 87.4 Å². The van der Waals surface area contributed by atoms with Crippen LogP contribution in [0, 0.1) is 28.6 Å². The molecule has 4 aliphatic carbocycles. The van der Waals surface area contributed by atoms with Crippen LogP contribution in [-0.2, 0) is 14.3 Å².